The second-order valence-electron chi connectivity index (χ2n) is 3.20. The van der Waals surface area contributed by atoms with Gasteiger partial charge in [0, 0.05) is 17.8 Å². The molecule has 2 atom stereocenters. The van der Waals surface area contributed by atoms with Gasteiger partial charge in [0.25, 0.3) is 0 Å². The summed E-state index contributed by atoms with van der Waals surface area (Å²) in [7, 11) is 0. The Balaban J connectivity index is 2.94. The molecule has 0 saturated heterocycles. The summed E-state index contributed by atoms with van der Waals surface area (Å²) in [6.45, 7) is 6.23. The first kappa shape index (κ1) is 9.53. The maximum atomic E-state index is 6.01. The number of hydrogen-bond donors (Lipinski definition) is 0. The van der Waals surface area contributed by atoms with E-state index in [0.717, 1.165) is 0 Å². The second-order valence-corrected chi connectivity index (χ2v) is 3.89. The van der Waals surface area contributed by atoms with Gasteiger partial charge in [-0.25, -0.2) is 0 Å². The van der Waals surface area contributed by atoms with Crippen molar-refractivity contribution in [1.82, 2.24) is 4.98 Å². The summed E-state index contributed by atoms with van der Waals surface area (Å²) in [5.41, 5.74) is 2.52. The Kier molecular flexibility index (Phi) is 3.10. The Morgan fingerprint density at radius 3 is 2.58 bits per heavy atom. The number of pyridine rings is 1. The monoisotopic (exact) mass is 183 g/mol. The lowest BCUT2D eigenvalue weighted by atomic mass is 9.96. The highest BCUT2D eigenvalue weighted by Gasteiger charge is 2.13. The van der Waals surface area contributed by atoms with Crippen LogP contribution in [0.25, 0.3) is 0 Å². The summed E-state index contributed by atoms with van der Waals surface area (Å²) in [4.78, 5) is 4.09. The van der Waals surface area contributed by atoms with E-state index >= 15 is 0 Å². The average Bonchev–Trinajstić information content (AvgIpc) is 2.04. The van der Waals surface area contributed by atoms with Crippen LogP contribution in [-0.2, 0) is 0 Å². The van der Waals surface area contributed by atoms with Crippen molar-refractivity contribution in [3.63, 3.8) is 0 Å². The fraction of sp³-hybridized carbons (Fsp3) is 0.500. The van der Waals surface area contributed by atoms with Crippen LogP contribution < -0.4 is 0 Å². The molecule has 66 valence electrons. The Morgan fingerprint density at radius 1 is 1.42 bits per heavy atom. The molecule has 12 heavy (non-hydrogen) atoms. The first-order valence-electron chi connectivity index (χ1n) is 4.17. The predicted molar refractivity (Wildman–Crippen MR) is 52.7 cm³/mol. The molecule has 2 unspecified atom stereocenters. The van der Waals surface area contributed by atoms with Crippen molar-refractivity contribution in [2.75, 3.05) is 0 Å². The van der Waals surface area contributed by atoms with Gasteiger partial charge in [-0.1, -0.05) is 6.92 Å². The molecular weight excluding hydrogens is 170 g/mol. The summed E-state index contributed by atoms with van der Waals surface area (Å²) in [6, 6.07) is 2.02. The lowest BCUT2D eigenvalue weighted by Crippen LogP contribution is -2.06. The van der Waals surface area contributed by atoms with Gasteiger partial charge in [0.2, 0.25) is 0 Å². The van der Waals surface area contributed by atoms with Gasteiger partial charge in [0.05, 0.1) is 0 Å². The average molecular weight is 184 g/mol. The zero-order valence-corrected chi connectivity index (χ0v) is 8.47. The topological polar surface area (TPSA) is 12.9 Å². The maximum Gasteiger partial charge on any atom is 0.0374 e. The third-order valence-electron chi connectivity index (χ3n) is 2.26. The van der Waals surface area contributed by atoms with Crippen molar-refractivity contribution in [3.8, 4) is 0 Å². The number of rotatable bonds is 2. The number of aromatic nitrogens is 1. The van der Waals surface area contributed by atoms with Crippen LogP contribution in [0.2, 0.25) is 0 Å². The minimum Gasteiger partial charge on any atom is -0.264 e. The number of aryl methyl sites for hydroxylation is 1. The first-order valence-corrected chi connectivity index (χ1v) is 4.61. The molecule has 0 spiro atoms. The van der Waals surface area contributed by atoms with E-state index in [1.807, 2.05) is 25.4 Å². The van der Waals surface area contributed by atoms with Crippen LogP contribution in [0, 0.1) is 6.92 Å². The van der Waals surface area contributed by atoms with Crippen LogP contribution in [0.5, 0.6) is 0 Å². The van der Waals surface area contributed by atoms with Gasteiger partial charge in [-0.15, -0.1) is 11.6 Å². The van der Waals surface area contributed by atoms with E-state index in [1.54, 1.807) is 0 Å². The number of halogens is 1. The normalized spacial score (nSPS) is 15.7. The van der Waals surface area contributed by atoms with Gasteiger partial charge in [0.15, 0.2) is 0 Å². The van der Waals surface area contributed by atoms with Gasteiger partial charge < -0.3 is 0 Å². The van der Waals surface area contributed by atoms with E-state index in [0.29, 0.717) is 5.92 Å². The molecule has 0 N–H and O–H groups in total. The molecule has 0 aliphatic carbocycles. The van der Waals surface area contributed by atoms with E-state index < -0.39 is 0 Å². The lowest BCUT2D eigenvalue weighted by molar-refractivity contribution is 0.732. The summed E-state index contributed by atoms with van der Waals surface area (Å²) in [5.74, 6) is 0.375. The van der Waals surface area contributed by atoms with E-state index in [4.69, 9.17) is 11.6 Å². The molecule has 1 rings (SSSR count). The van der Waals surface area contributed by atoms with Crippen molar-refractivity contribution in [3.05, 3.63) is 29.6 Å². The molecular formula is C10H14ClN. The summed E-state index contributed by atoms with van der Waals surface area (Å²) >= 11 is 6.01. The zero-order chi connectivity index (χ0) is 9.14. The first-order chi connectivity index (χ1) is 5.63. The van der Waals surface area contributed by atoms with E-state index in [-0.39, 0.29) is 5.38 Å². The molecule has 1 aromatic rings. The minimum absolute atomic E-state index is 0.160. The molecule has 1 heterocycles. The Bertz CT molecular complexity index is 258. The van der Waals surface area contributed by atoms with Gasteiger partial charge in [-0.3, -0.25) is 4.98 Å². The number of hydrogen-bond acceptors (Lipinski definition) is 1. The van der Waals surface area contributed by atoms with Crippen LogP contribution in [0.3, 0.4) is 0 Å². The van der Waals surface area contributed by atoms with Crippen LogP contribution in [0.4, 0.5) is 0 Å². The third-order valence-corrected chi connectivity index (χ3v) is 2.64. The van der Waals surface area contributed by atoms with Crippen molar-refractivity contribution >= 4 is 11.6 Å². The van der Waals surface area contributed by atoms with Crippen molar-refractivity contribution in [2.24, 2.45) is 0 Å². The fourth-order valence-corrected chi connectivity index (χ4v) is 1.34. The Labute approximate surface area is 78.8 Å². The third kappa shape index (κ3) is 1.98. The van der Waals surface area contributed by atoms with Crippen molar-refractivity contribution < 1.29 is 0 Å². The molecule has 0 saturated carbocycles. The van der Waals surface area contributed by atoms with Crippen LogP contribution in [-0.4, -0.2) is 10.4 Å². The maximum absolute atomic E-state index is 6.01. The highest BCUT2D eigenvalue weighted by Crippen LogP contribution is 2.24. The standard InChI is InChI=1S/C10H14ClN/c1-7-4-5-12-6-10(7)8(2)9(3)11/h4-6,8-9H,1-3H3. The van der Waals surface area contributed by atoms with E-state index in [2.05, 4.69) is 18.8 Å². The minimum atomic E-state index is 0.160. The highest BCUT2D eigenvalue weighted by atomic mass is 35.5. The number of nitrogens with zero attached hydrogens (tertiary/aromatic N) is 1. The zero-order valence-electron chi connectivity index (χ0n) is 7.71. The SMILES string of the molecule is Cc1ccncc1C(C)C(C)Cl. The highest BCUT2D eigenvalue weighted by molar-refractivity contribution is 6.20. The largest absolute Gasteiger partial charge is 0.264 e. The van der Waals surface area contributed by atoms with Crippen LogP contribution >= 0.6 is 11.6 Å². The Hall–Kier alpha value is -0.560. The van der Waals surface area contributed by atoms with E-state index in [9.17, 15) is 0 Å². The van der Waals surface area contributed by atoms with Gasteiger partial charge in [0.1, 0.15) is 0 Å². The van der Waals surface area contributed by atoms with Gasteiger partial charge in [-0.05, 0) is 37.0 Å². The molecule has 0 aromatic carbocycles. The van der Waals surface area contributed by atoms with Crippen LogP contribution in [0.1, 0.15) is 30.9 Å². The summed E-state index contributed by atoms with van der Waals surface area (Å²) in [5, 5.41) is 0.160. The summed E-state index contributed by atoms with van der Waals surface area (Å²) in [6.07, 6.45) is 3.71. The molecule has 1 aromatic heterocycles. The molecule has 0 aliphatic rings. The molecule has 0 fully saturated rings. The van der Waals surface area contributed by atoms with Gasteiger partial charge in [-0.2, -0.15) is 0 Å². The van der Waals surface area contributed by atoms with Crippen molar-refractivity contribution in [1.29, 1.82) is 0 Å². The van der Waals surface area contributed by atoms with Crippen molar-refractivity contribution in [2.45, 2.75) is 32.1 Å². The molecule has 0 amide bonds. The van der Waals surface area contributed by atoms with E-state index in [1.165, 1.54) is 11.1 Å². The number of alkyl halides is 1. The molecule has 0 radical (unpaired) electrons. The summed E-state index contributed by atoms with van der Waals surface area (Å²) < 4.78 is 0. The molecule has 0 aliphatic heterocycles. The van der Waals surface area contributed by atoms with Gasteiger partial charge >= 0.3 is 0 Å². The molecule has 2 heteroatoms. The molecule has 0 bridgehead atoms. The Morgan fingerprint density at radius 2 is 2.08 bits per heavy atom. The fourth-order valence-electron chi connectivity index (χ4n) is 1.20. The smallest absolute Gasteiger partial charge is 0.0374 e. The predicted octanol–water partition coefficient (Wildman–Crippen LogP) is 3.12. The van der Waals surface area contributed by atoms with Crippen LogP contribution in [0.15, 0.2) is 18.5 Å². The second kappa shape index (κ2) is 3.90. The lowest BCUT2D eigenvalue weighted by Gasteiger charge is -2.15. The molecule has 1 nitrogen and oxygen atoms in total. The quantitative estimate of drug-likeness (QED) is 0.642.